The molecule has 3 aromatic carbocycles. The minimum Gasteiger partial charge on any atom is -0.406 e. The van der Waals surface area contributed by atoms with Gasteiger partial charge in [0.25, 0.3) is 0 Å². The highest BCUT2D eigenvalue weighted by Crippen LogP contribution is 2.30. The van der Waals surface area contributed by atoms with Gasteiger partial charge < -0.3 is 15.2 Å². The van der Waals surface area contributed by atoms with Crippen molar-refractivity contribution in [1.82, 2.24) is 10.0 Å². The van der Waals surface area contributed by atoms with Crippen molar-refractivity contribution >= 4 is 21.6 Å². The second kappa shape index (κ2) is 13.1. The second-order valence-electron chi connectivity index (χ2n) is 8.72. The summed E-state index contributed by atoms with van der Waals surface area (Å²) in [5, 5.41) is 13.3. The lowest BCUT2D eigenvalue weighted by atomic mass is 10.0. The molecular weight excluding hydrogens is 567 g/mol. The van der Waals surface area contributed by atoms with Crippen LogP contribution < -0.4 is 14.8 Å². The molecular formula is C26H26ClF5N2O4S. The molecule has 0 radical (unpaired) electrons. The number of hydrogen-bond acceptors (Lipinski definition) is 5. The van der Waals surface area contributed by atoms with E-state index in [0.717, 1.165) is 41.8 Å². The first kappa shape index (κ1) is 30.8. The molecule has 13 heteroatoms. The molecule has 0 aliphatic rings. The van der Waals surface area contributed by atoms with Gasteiger partial charge in [0.1, 0.15) is 22.3 Å². The Morgan fingerprint density at radius 1 is 0.974 bits per heavy atom. The minimum absolute atomic E-state index is 0.0647. The average Bonchev–Trinajstić information content (AvgIpc) is 2.81. The summed E-state index contributed by atoms with van der Waals surface area (Å²) in [6.45, 7) is 2.25. The van der Waals surface area contributed by atoms with Crippen molar-refractivity contribution in [2.45, 2.75) is 49.7 Å². The highest BCUT2D eigenvalue weighted by Gasteiger charge is 2.32. The van der Waals surface area contributed by atoms with E-state index in [4.69, 9.17) is 11.6 Å². The van der Waals surface area contributed by atoms with Crippen LogP contribution in [0.15, 0.2) is 65.6 Å². The zero-order valence-electron chi connectivity index (χ0n) is 20.6. The number of alkyl halides is 3. The van der Waals surface area contributed by atoms with Crippen molar-refractivity contribution in [2.24, 2.45) is 0 Å². The average molecular weight is 593 g/mol. The van der Waals surface area contributed by atoms with E-state index in [0.29, 0.717) is 18.7 Å². The van der Waals surface area contributed by atoms with E-state index in [-0.39, 0.29) is 18.5 Å². The molecule has 3 rings (SSSR count). The van der Waals surface area contributed by atoms with Gasteiger partial charge in [-0.15, -0.1) is 13.2 Å². The van der Waals surface area contributed by atoms with E-state index in [1.54, 1.807) is 0 Å². The largest absolute Gasteiger partial charge is 0.573 e. The number of aliphatic hydroxyl groups is 1. The fraction of sp³-hybridized carbons (Fsp3) is 0.308. The van der Waals surface area contributed by atoms with Crippen molar-refractivity contribution in [2.75, 3.05) is 6.54 Å². The molecule has 39 heavy (non-hydrogen) atoms. The molecule has 0 amide bonds. The zero-order chi connectivity index (χ0) is 28.8. The molecule has 0 unspecified atom stereocenters. The highest BCUT2D eigenvalue weighted by molar-refractivity contribution is 7.89. The number of rotatable bonds is 12. The molecule has 0 aromatic heterocycles. The molecule has 2 atom stereocenters. The van der Waals surface area contributed by atoms with Gasteiger partial charge in [-0.1, -0.05) is 42.8 Å². The fourth-order valence-electron chi connectivity index (χ4n) is 3.86. The lowest BCUT2D eigenvalue weighted by Gasteiger charge is -2.25. The third kappa shape index (κ3) is 9.43. The Kier molecular flexibility index (Phi) is 10.3. The molecule has 0 saturated heterocycles. The van der Waals surface area contributed by atoms with Crippen LogP contribution >= 0.6 is 11.6 Å². The Hall–Kier alpha value is -2.77. The number of hydrogen-bond donors (Lipinski definition) is 3. The van der Waals surface area contributed by atoms with Crippen LogP contribution in [0.25, 0.3) is 0 Å². The minimum atomic E-state index is -5.01. The summed E-state index contributed by atoms with van der Waals surface area (Å²) in [7, 11) is -4.52. The SMILES string of the molecule is CCc1cccc(CNC[C@H](O)[C@@H](Cc2cc(F)cc(F)c2)NS(=O)(=O)c2ccc(OC(F)(F)F)cc2Cl)c1. The van der Waals surface area contributed by atoms with Crippen LogP contribution in [-0.2, 0) is 29.4 Å². The van der Waals surface area contributed by atoms with Crippen molar-refractivity contribution < 1.29 is 40.2 Å². The molecule has 3 aromatic rings. The van der Waals surface area contributed by atoms with E-state index in [1.807, 2.05) is 31.2 Å². The van der Waals surface area contributed by atoms with E-state index < -0.39 is 55.8 Å². The van der Waals surface area contributed by atoms with E-state index in [9.17, 15) is 35.5 Å². The maximum Gasteiger partial charge on any atom is 0.573 e. The predicted molar refractivity (Wildman–Crippen MR) is 136 cm³/mol. The van der Waals surface area contributed by atoms with Crippen LogP contribution in [0.5, 0.6) is 5.75 Å². The summed E-state index contributed by atoms with van der Waals surface area (Å²) in [5.41, 5.74) is 2.10. The number of halogens is 6. The maximum atomic E-state index is 13.8. The lowest BCUT2D eigenvalue weighted by Crippen LogP contribution is -2.48. The molecule has 0 fully saturated rings. The summed E-state index contributed by atoms with van der Waals surface area (Å²) >= 11 is 5.94. The maximum absolute atomic E-state index is 13.8. The number of ether oxygens (including phenoxy) is 1. The summed E-state index contributed by atoms with van der Waals surface area (Å²) in [6.07, 6.45) is -5.87. The molecule has 0 saturated carbocycles. The van der Waals surface area contributed by atoms with Crippen molar-refractivity contribution in [1.29, 1.82) is 0 Å². The predicted octanol–water partition coefficient (Wildman–Crippen LogP) is 5.12. The van der Waals surface area contributed by atoms with E-state index in [1.165, 1.54) is 0 Å². The zero-order valence-corrected chi connectivity index (χ0v) is 22.2. The molecule has 3 N–H and O–H groups in total. The second-order valence-corrected chi connectivity index (χ2v) is 10.8. The van der Waals surface area contributed by atoms with Gasteiger partial charge in [0.05, 0.1) is 17.2 Å². The number of nitrogens with one attached hydrogen (secondary N) is 2. The summed E-state index contributed by atoms with van der Waals surface area (Å²) in [5.74, 6) is -2.51. The molecule has 0 aliphatic heterocycles. The summed E-state index contributed by atoms with van der Waals surface area (Å²) < 4.78 is 97.3. The third-order valence-corrected chi connectivity index (χ3v) is 7.63. The number of benzene rings is 3. The Bertz CT molecular complexity index is 1370. The Morgan fingerprint density at radius 2 is 1.64 bits per heavy atom. The van der Waals surface area contributed by atoms with Gasteiger partial charge in [-0.25, -0.2) is 21.9 Å². The van der Waals surface area contributed by atoms with Crippen LogP contribution in [0.4, 0.5) is 22.0 Å². The third-order valence-electron chi connectivity index (χ3n) is 5.66. The van der Waals surface area contributed by atoms with Gasteiger partial charge in [-0.3, -0.25) is 0 Å². The van der Waals surface area contributed by atoms with Crippen molar-refractivity contribution in [3.63, 3.8) is 0 Å². The van der Waals surface area contributed by atoms with Gasteiger partial charge in [0.2, 0.25) is 10.0 Å². The number of sulfonamides is 1. The highest BCUT2D eigenvalue weighted by atomic mass is 35.5. The summed E-state index contributed by atoms with van der Waals surface area (Å²) in [6, 6.07) is 11.3. The molecule has 6 nitrogen and oxygen atoms in total. The molecule has 0 bridgehead atoms. The molecule has 0 aliphatic carbocycles. The standard InChI is InChI=1S/C26H26ClF5N2O4S/c1-2-16-4-3-5-17(8-16)14-33-15-24(35)23(11-18-9-19(28)12-20(29)10-18)34-39(36,37)25-7-6-21(13-22(25)27)38-26(30,31)32/h3-10,12-13,23-24,33-35H,2,11,14-15H2,1H3/t23-,24+/m1/s1. The first-order valence-electron chi connectivity index (χ1n) is 11.7. The van der Waals surface area contributed by atoms with E-state index in [2.05, 4.69) is 14.8 Å². The fourth-order valence-corrected chi connectivity index (χ4v) is 5.67. The smallest absolute Gasteiger partial charge is 0.406 e. The van der Waals surface area contributed by atoms with Crippen LogP contribution in [0.2, 0.25) is 5.02 Å². The van der Waals surface area contributed by atoms with Crippen LogP contribution in [0.1, 0.15) is 23.6 Å². The molecule has 0 heterocycles. The van der Waals surface area contributed by atoms with Gasteiger partial charge in [-0.2, -0.15) is 0 Å². The van der Waals surface area contributed by atoms with Crippen LogP contribution in [-0.4, -0.2) is 38.6 Å². The molecule has 212 valence electrons. The van der Waals surface area contributed by atoms with Crippen molar-refractivity contribution in [3.05, 3.63) is 94.0 Å². The molecule has 0 spiro atoms. The quantitative estimate of drug-likeness (QED) is 0.254. The van der Waals surface area contributed by atoms with Gasteiger partial charge in [0, 0.05) is 25.2 Å². The van der Waals surface area contributed by atoms with Crippen LogP contribution in [0.3, 0.4) is 0 Å². The number of aryl methyl sites for hydroxylation is 1. The lowest BCUT2D eigenvalue weighted by molar-refractivity contribution is -0.274. The van der Waals surface area contributed by atoms with Crippen LogP contribution in [0, 0.1) is 11.6 Å². The Morgan fingerprint density at radius 3 is 2.26 bits per heavy atom. The van der Waals surface area contributed by atoms with Gasteiger partial charge in [0.15, 0.2) is 0 Å². The first-order chi connectivity index (χ1) is 18.3. The van der Waals surface area contributed by atoms with Gasteiger partial charge in [-0.05, 0) is 53.8 Å². The topological polar surface area (TPSA) is 87.7 Å². The van der Waals surface area contributed by atoms with Gasteiger partial charge >= 0.3 is 6.36 Å². The summed E-state index contributed by atoms with van der Waals surface area (Å²) in [4.78, 5) is -0.578. The first-order valence-corrected chi connectivity index (χ1v) is 13.6. The normalized spacial score (nSPS) is 13.7. The monoisotopic (exact) mass is 592 g/mol. The van der Waals surface area contributed by atoms with Crippen molar-refractivity contribution in [3.8, 4) is 5.75 Å². The number of aliphatic hydroxyl groups excluding tert-OH is 1. The van der Waals surface area contributed by atoms with E-state index >= 15 is 0 Å². The Labute approximate surface area is 227 Å². The Balaban J connectivity index is 1.81.